The predicted octanol–water partition coefficient (Wildman–Crippen LogP) is 4.43. The molecular weight excluding hydrogens is 300 g/mol. The molecule has 0 saturated heterocycles. The molecule has 1 rings (SSSR count). The Morgan fingerprint density at radius 2 is 1.50 bits per heavy atom. The molecule has 1 heterocycles. The van der Waals surface area contributed by atoms with Gasteiger partial charge in [0.2, 0.25) is 0 Å². The summed E-state index contributed by atoms with van der Waals surface area (Å²) < 4.78 is 0. The van der Waals surface area contributed by atoms with E-state index in [1.165, 1.54) is 15.3 Å². The Morgan fingerprint density at radius 1 is 0.909 bits per heavy atom. The highest BCUT2D eigenvalue weighted by atomic mass is 32.1. The third-order valence-electron chi connectivity index (χ3n) is 3.68. The van der Waals surface area contributed by atoms with Gasteiger partial charge >= 0.3 is 11.9 Å². The standard InChI is InChI=1S/C17H26O4S/c1-13-12-14(8-7-11-17(20)21)22-15(13)9-5-3-2-4-6-10-16(18)19/h12H,2-11H2,1H3,(H,18,19)(H,20,21). The van der Waals surface area contributed by atoms with Crippen molar-refractivity contribution in [3.05, 3.63) is 21.4 Å². The summed E-state index contributed by atoms with van der Waals surface area (Å²) in [6, 6.07) is 2.19. The largest absolute Gasteiger partial charge is 0.481 e. The first-order valence-corrected chi connectivity index (χ1v) is 8.82. The van der Waals surface area contributed by atoms with Crippen LogP contribution in [0.3, 0.4) is 0 Å². The fourth-order valence-corrected chi connectivity index (χ4v) is 3.73. The fraction of sp³-hybridized carbons (Fsp3) is 0.647. The number of carboxylic acid groups (broad SMARTS) is 2. The van der Waals surface area contributed by atoms with Crippen molar-refractivity contribution in [2.24, 2.45) is 0 Å². The molecule has 124 valence electrons. The van der Waals surface area contributed by atoms with E-state index in [0.29, 0.717) is 6.42 Å². The van der Waals surface area contributed by atoms with Gasteiger partial charge in [-0.05, 0) is 50.7 Å². The molecule has 0 aromatic carbocycles. The second kappa shape index (κ2) is 10.4. The first-order chi connectivity index (χ1) is 10.5. The van der Waals surface area contributed by atoms with E-state index >= 15 is 0 Å². The van der Waals surface area contributed by atoms with Crippen LogP contribution in [0.25, 0.3) is 0 Å². The maximum atomic E-state index is 10.5. The van der Waals surface area contributed by atoms with Crippen molar-refractivity contribution in [1.29, 1.82) is 0 Å². The summed E-state index contributed by atoms with van der Waals surface area (Å²) in [6.07, 6.45) is 8.32. The molecule has 0 aliphatic rings. The van der Waals surface area contributed by atoms with Crippen LogP contribution in [-0.2, 0) is 22.4 Å². The molecule has 0 atom stereocenters. The number of carbonyl (C=O) groups is 2. The molecule has 4 nitrogen and oxygen atoms in total. The number of rotatable bonds is 12. The van der Waals surface area contributed by atoms with Gasteiger partial charge in [0.25, 0.3) is 0 Å². The molecule has 1 aromatic rings. The molecule has 2 N–H and O–H groups in total. The Morgan fingerprint density at radius 3 is 2.18 bits per heavy atom. The van der Waals surface area contributed by atoms with Gasteiger partial charge in [0.15, 0.2) is 0 Å². The molecule has 0 aliphatic heterocycles. The number of hydrogen-bond donors (Lipinski definition) is 2. The van der Waals surface area contributed by atoms with Gasteiger partial charge in [0, 0.05) is 22.6 Å². The minimum Gasteiger partial charge on any atom is -0.481 e. The molecule has 0 aliphatic carbocycles. The second-order valence-electron chi connectivity index (χ2n) is 5.73. The number of aliphatic carboxylic acids is 2. The monoisotopic (exact) mass is 326 g/mol. The van der Waals surface area contributed by atoms with E-state index in [0.717, 1.165) is 44.9 Å². The van der Waals surface area contributed by atoms with Crippen molar-refractivity contribution in [3.63, 3.8) is 0 Å². The molecule has 0 bridgehead atoms. The van der Waals surface area contributed by atoms with Crippen LogP contribution in [-0.4, -0.2) is 22.2 Å². The van der Waals surface area contributed by atoms with Crippen molar-refractivity contribution in [3.8, 4) is 0 Å². The molecule has 0 spiro atoms. The van der Waals surface area contributed by atoms with Crippen LogP contribution in [0, 0.1) is 6.92 Å². The Kier molecular flexibility index (Phi) is 8.82. The van der Waals surface area contributed by atoms with E-state index in [-0.39, 0.29) is 12.8 Å². The Bertz CT molecular complexity index is 479. The lowest BCUT2D eigenvalue weighted by Gasteiger charge is -2.01. The smallest absolute Gasteiger partial charge is 0.303 e. The molecule has 0 unspecified atom stereocenters. The number of hydrogen-bond acceptors (Lipinski definition) is 3. The topological polar surface area (TPSA) is 74.6 Å². The summed E-state index contributed by atoms with van der Waals surface area (Å²) in [5.74, 6) is -1.43. The molecule has 22 heavy (non-hydrogen) atoms. The van der Waals surface area contributed by atoms with E-state index in [1.54, 1.807) is 0 Å². The van der Waals surface area contributed by atoms with Gasteiger partial charge in [0.1, 0.15) is 0 Å². The quantitative estimate of drug-likeness (QED) is 0.557. The SMILES string of the molecule is Cc1cc(CCCC(=O)O)sc1CCCCCCCC(=O)O. The summed E-state index contributed by atoms with van der Waals surface area (Å²) in [4.78, 5) is 23.6. The summed E-state index contributed by atoms with van der Waals surface area (Å²) in [6.45, 7) is 2.12. The normalized spacial score (nSPS) is 10.8. The molecule has 0 saturated carbocycles. The number of thiophene rings is 1. The summed E-state index contributed by atoms with van der Waals surface area (Å²) in [5, 5.41) is 17.2. The lowest BCUT2D eigenvalue weighted by Crippen LogP contribution is -1.94. The minimum atomic E-state index is -0.726. The van der Waals surface area contributed by atoms with Crippen molar-refractivity contribution in [2.75, 3.05) is 0 Å². The van der Waals surface area contributed by atoms with E-state index in [4.69, 9.17) is 10.2 Å². The third kappa shape index (κ3) is 8.17. The van der Waals surface area contributed by atoms with Gasteiger partial charge in [0.05, 0.1) is 0 Å². The van der Waals surface area contributed by atoms with Gasteiger partial charge in [-0.25, -0.2) is 0 Å². The zero-order valence-electron chi connectivity index (χ0n) is 13.3. The lowest BCUT2D eigenvalue weighted by atomic mass is 10.1. The second-order valence-corrected chi connectivity index (χ2v) is 6.95. The zero-order chi connectivity index (χ0) is 16.4. The average molecular weight is 326 g/mol. The van der Waals surface area contributed by atoms with Gasteiger partial charge in [-0.1, -0.05) is 19.3 Å². The zero-order valence-corrected chi connectivity index (χ0v) is 14.1. The minimum absolute atomic E-state index is 0.239. The Hall–Kier alpha value is -1.36. The molecule has 0 fully saturated rings. The molecular formula is C17H26O4S. The Labute approximate surface area is 136 Å². The van der Waals surface area contributed by atoms with Crippen LogP contribution < -0.4 is 0 Å². The van der Waals surface area contributed by atoms with Crippen LogP contribution in [0.4, 0.5) is 0 Å². The summed E-state index contributed by atoms with van der Waals surface area (Å²) in [5.41, 5.74) is 1.32. The Balaban J connectivity index is 2.18. The van der Waals surface area contributed by atoms with E-state index in [9.17, 15) is 9.59 Å². The van der Waals surface area contributed by atoms with Crippen LogP contribution in [0.15, 0.2) is 6.07 Å². The van der Waals surface area contributed by atoms with Crippen molar-refractivity contribution >= 4 is 23.3 Å². The average Bonchev–Trinajstić information content (AvgIpc) is 2.77. The van der Waals surface area contributed by atoms with E-state index < -0.39 is 11.9 Å². The summed E-state index contributed by atoms with van der Waals surface area (Å²) >= 11 is 1.81. The number of aryl methyl sites for hydroxylation is 3. The highest BCUT2D eigenvalue weighted by molar-refractivity contribution is 7.12. The molecule has 0 amide bonds. The first kappa shape index (κ1) is 18.7. The van der Waals surface area contributed by atoms with Crippen molar-refractivity contribution < 1.29 is 19.8 Å². The van der Waals surface area contributed by atoms with Crippen LogP contribution >= 0.6 is 11.3 Å². The fourth-order valence-electron chi connectivity index (χ4n) is 2.47. The van der Waals surface area contributed by atoms with Crippen molar-refractivity contribution in [2.45, 2.75) is 71.1 Å². The molecule has 0 radical (unpaired) electrons. The van der Waals surface area contributed by atoms with Crippen LogP contribution in [0.5, 0.6) is 0 Å². The maximum Gasteiger partial charge on any atom is 0.303 e. The van der Waals surface area contributed by atoms with E-state index in [2.05, 4.69) is 13.0 Å². The highest BCUT2D eigenvalue weighted by Crippen LogP contribution is 2.25. The van der Waals surface area contributed by atoms with Crippen LogP contribution in [0.2, 0.25) is 0 Å². The van der Waals surface area contributed by atoms with E-state index in [1.807, 2.05) is 11.3 Å². The highest BCUT2D eigenvalue weighted by Gasteiger charge is 2.06. The maximum absolute atomic E-state index is 10.5. The summed E-state index contributed by atoms with van der Waals surface area (Å²) in [7, 11) is 0. The van der Waals surface area contributed by atoms with Gasteiger partial charge < -0.3 is 10.2 Å². The van der Waals surface area contributed by atoms with Gasteiger partial charge in [-0.3, -0.25) is 9.59 Å². The number of carboxylic acids is 2. The predicted molar refractivity (Wildman–Crippen MR) is 88.7 cm³/mol. The van der Waals surface area contributed by atoms with Crippen LogP contribution in [0.1, 0.15) is 66.7 Å². The van der Waals surface area contributed by atoms with Gasteiger partial charge in [-0.15, -0.1) is 11.3 Å². The lowest BCUT2D eigenvalue weighted by molar-refractivity contribution is -0.138. The first-order valence-electron chi connectivity index (χ1n) is 8.01. The van der Waals surface area contributed by atoms with Gasteiger partial charge in [-0.2, -0.15) is 0 Å². The molecule has 1 aromatic heterocycles. The van der Waals surface area contributed by atoms with Crippen molar-refractivity contribution in [1.82, 2.24) is 0 Å². The third-order valence-corrected chi connectivity index (χ3v) is 5.04. The molecule has 5 heteroatoms. The number of unbranched alkanes of at least 4 members (excludes halogenated alkanes) is 4.